The molecule has 0 spiro atoms. The molecule has 5 heteroatoms. The molecule has 0 fully saturated rings. The monoisotopic (exact) mass is 266 g/mol. The number of nitrogens with one attached hydrogen (secondary N) is 2. The van der Waals surface area contributed by atoms with Gasteiger partial charge in [0.2, 0.25) is 0 Å². The number of carbonyl (C=O) groups is 1. The number of hydrogen-bond donors (Lipinski definition) is 2. The summed E-state index contributed by atoms with van der Waals surface area (Å²) in [4.78, 5) is 15.0. The third-order valence-electron chi connectivity index (χ3n) is 3.14. The first-order valence-electron chi connectivity index (χ1n) is 5.85. The SMILES string of the molecule is CCOC(=O)c1c[nH]c2ccc3c(c12)CCN3.Cl. The van der Waals surface area contributed by atoms with E-state index in [1.807, 2.05) is 13.0 Å². The number of rotatable bonds is 2. The number of hydrogen-bond acceptors (Lipinski definition) is 3. The molecule has 2 N–H and O–H groups in total. The Bertz CT molecular complexity index is 592. The van der Waals surface area contributed by atoms with Crippen molar-refractivity contribution in [1.29, 1.82) is 0 Å². The van der Waals surface area contributed by atoms with Crippen molar-refractivity contribution in [1.82, 2.24) is 4.98 Å². The number of halogens is 1. The Morgan fingerprint density at radius 3 is 3.06 bits per heavy atom. The van der Waals surface area contributed by atoms with Crippen molar-refractivity contribution in [2.24, 2.45) is 0 Å². The molecular weight excluding hydrogens is 252 g/mol. The summed E-state index contributed by atoms with van der Waals surface area (Å²) >= 11 is 0. The molecule has 1 aromatic carbocycles. The lowest BCUT2D eigenvalue weighted by Crippen LogP contribution is -2.04. The van der Waals surface area contributed by atoms with Gasteiger partial charge < -0.3 is 15.0 Å². The second kappa shape index (κ2) is 4.90. The van der Waals surface area contributed by atoms with E-state index in [-0.39, 0.29) is 18.4 Å². The van der Waals surface area contributed by atoms with Crippen molar-refractivity contribution in [3.63, 3.8) is 0 Å². The van der Waals surface area contributed by atoms with Crippen LogP contribution in [0.4, 0.5) is 5.69 Å². The number of fused-ring (bicyclic) bond motifs is 3. The number of carbonyl (C=O) groups excluding carboxylic acids is 1. The molecule has 0 unspecified atom stereocenters. The van der Waals surface area contributed by atoms with E-state index in [0.717, 1.165) is 29.6 Å². The lowest BCUT2D eigenvalue weighted by atomic mass is 10.0. The average molecular weight is 267 g/mol. The molecule has 0 aliphatic carbocycles. The number of aromatic nitrogens is 1. The van der Waals surface area contributed by atoms with E-state index in [0.29, 0.717) is 12.2 Å². The van der Waals surface area contributed by atoms with Crippen molar-refractivity contribution in [2.75, 3.05) is 18.5 Å². The zero-order valence-corrected chi connectivity index (χ0v) is 10.9. The van der Waals surface area contributed by atoms with Gasteiger partial charge in [-0.2, -0.15) is 0 Å². The zero-order valence-electron chi connectivity index (χ0n) is 10.1. The van der Waals surface area contributed by atoms with E-state index in [1.54, 1.807) is 6.20 Å². The van der Waals surface area contributed by atoms with Crippen LogP contribution < -0.4 is 5.32 Å². The molecule has 3 rings (SSSR count). The first kappa shape index (κ1) is 12.8. The van der Waals surface area contributed by atoms with Gasteiger partial charge in [-0.05, 0) is 31.0 Å². The highest BCUT2D eigenvalue weighted by atomic mass is 35.5. The minimum atomic E-state index is -0.251. The average Bonchev–Trinajstić information content (AvgIpc) is 2.94. The first-order chi connectivity index (χ1) is 8.31. The van der Waals surface area contributed by atoms with E-state index < -0.39 is 0 Å². The maximum Gasteiger partial charge on any atom is 0.340 e. The van der Waals surface area contributed by atoms with E-state index in [9.17, 15) is 4.79 Å². The fraction of sp³-hybridized carbons (Fsp3) is 0.308. The molecule has 0 radical (unpaired) electrons. The Kier molecular flexibility index (Phi) is 3.48. The maximum atomic E-state index is 11.9. The van der Waals surface area contributed by atoms with Gasteiger partial charge in [0.1, 0.15) is 0 Å². The van der Waals surface area contributed by atoms with E-state index in [4.69, 9.17) is 4.74 Å². The van der Waals surface area contributed by atoms with Gasteiger partial charge in [0.05, 0.1) is 12.2 Å². The predicted octanol–water partition coefficient (Wildman–Crippen LogP) is 2.73. The van der Waals surface area contributed by atoms with Crippen LogP contribution in [0.15, 0.2) is 18.3 Å². The van der Waals surface area contributed by atoms with Crippen LogP contribution >= 0.6 is 12.4 Å². The largest absolute Gasteiger partial charge is 0.462 e. The van der Waals surface area contributed by atoms with Crippen LogP contribution in [-0.4, -0.2) is 24.1 Å². The molecule has 0 bridgehead atoms. The van der Waals surface area contributed by atoms with Gasteiger partial charge >= 0.3 is 5.97 Å². The summed E-state index contributed by atoms with van der Waals surface area (Å²) in [5, 5.41) is 4.32. The van der Waals surface area contributed by atoms with Gasteiger partial charge in [0.15, 0.2) is 0 Å². The maximum absolute atomic E-state index is 11.9. The highest BCUT2D eigenvalue weighted by Gasteiger charge is 2.20. The van der Waals surface area contributed by atoms with Crippen molar-refractivity contribution in [3.05, 3.63) is 29.5 Å². The molecule has 1 aliphatic rings. The van der Waals surface area contributed by atoms with Crippen LogP contribution in [0, 0.1) is 0 Å². The molecular formula is C13H15ClN2O2. The minimum Gasteiger partial charge on any atom is -0.462 e. The lowest BCUT2D eigenvalue weighted by molar-refractivity contribution is 0.0528. The van der Waals surface area contributed by atoms with Crippen LogP contribution in [0.1, 0.15) is 22.8 Å². The van der Waals surface area contributed by atoms with E-state index in [1.165, 1.54) is 5.56 Å². The van der Waals surface area contributed by atoms with Gasteiger partial charge in [-0.1, -0.05) is 0 Å². The van der Waals surface area contributed by atoms with Gasteiger partial charge in [0.25, 0.3) is 0 Å². The number of H-pyrrole nitrogens is 1. The highest BCUT2D eigenvalue weighted by molar-refractivity contribution is 6.07. The zero-order chi connectivity index (χ0) is 11.8. The number of ether oxygens (including phenoxy) is 1. The summed E-state index contributed by atoms with van der Waals surface area (Å²) in [5.74, 6) is -0.251. The Hall–Kier alpha value is -1.68. The summed E-state index contributed by atoms with van der Waals surface area (Å²) in [6.45, 7) is 3.15. The Labute approximate surface area is 111 Å². The first-order valence-corrected chi connectivity index (χ1v) is 5.85. The Morgan fingerprint density at radius 1 is 1.44 bits per heavy atom. The fourth-order valence-corrected chi connectivity index (χ4v) is 2.42. The Balaban J connectivity index is 0.00000120. The van der Waals surface area contributed by atoms with Crippen molar-refractivity contribution in [3.8, 4) is 0 Å². The van der Waals surface area contributed by atoms with Crippen LogP contribution in [0.2, 0.25) is 0 Å². The fourth-order valence-electron chi connectivity index (χ4n) is 2.42. The van der Waals surface area contributed by atoms with E-state index >= 15 is 0 Å². The molecule has 1 aromatic heterocycles. The lowest BCUT2D eigenvalue weighted by Gasteiger charge is -2.04. The van der Waals surface area contributed by atoms with Gasteiger partial charge in [-0.25, -0.2) is 4.79 Å². The van der Waals surface area contributed by atoms with Crippen LogP contribution in [0.25, 0.3) is 10.9 Å². The molecule has 0 atom stereocenters. The highest BCUT2D eigenvalue weighted by Crippen LogP contribution is 2.32. The third-order valence-corrected chi connectivity index (χ3v) is 3.14. The van der Waals surface area contributed by atoms with Crippen molar-refractivity contribution >= 4 is 35.0 Å². The summed E-state index contributed by atoms with van der Waals surface area (Å²) in [5.41, 5.74) is 3.98. The van der Waals surface area contributed by atoms with Gasteiger partial charge in [0, 0.05) is 29.3 Å². The molecule has 96 valence electrons. The topological polar surface area (TPSA) is 54.1 Å². The molecule has 0 saturated heterocycles. The summed E-state index contributed by atoms with van der Waals surface area (Å²) in [6.07, 6.45) is 2.69. The smallest absolute Gasteiger partial charge is 0.340 e. The molecule has 2 aromatic rings. The Morgan fingerprint density at radius 2 is 2.28 bits per heavy atom. The summed E-state index contributed by atoms with van der Waals surface area (Å²) in [6, 6.07) is 4.05. The second-order valence-electron chi connectivity index (χ2n) is 4.11. The summed E-state index contributed by atoms with van der Waals surface area (Å²) < 4.78 is 5.07. The molecule has 0 saturated carbocycles. The van der Waals surface area contributed by atoms with Gasteiger partial charge in [-0.15, -0.1) is 12.4 Å². The molecule has 4 nitrogen and oxygen atoms in total. The minimum absolute atomic E-state index is 0. The van der Waals surface area contributed by atoms with Crippen molar-refractivity contribution in [2.45, 2.75) is 13.3 Å². The number of benzene rings is 1. The molecule has 18 heavy (non-hydrogen) atoms. The second-order valence-corrected chi connectivity index (χ2v) is 4.11. The van der Waals surface area contributed by atoms with Gasteiger partial charge in [-0.3, -0.25) is 0 Å². The number of esters is 1. The van der Waals surface area contributed by atoms with Crippen LogP contribution in [0.5, 0.6) is 0 Å². The molecule has 2 heterocycles. The normalized spacial score (nSPS) is 12.7. The van der Waals surface area contributed by atoms with Crippen LogP contribution in [-0.2, 0) is 11.2 Å². The third kappa shape index (κ3) is 1.82. The standard InChI is InChI=1S/C13H14N2O2.ClH/c1-2-17-13(16)9-7-15-11-4-3-10-8(12(9)11)5-6-14-10;/h3-4,7,14-15H,2,5-6H2,1H3;1H. The molecule has 1 aliphatic heterocycles. The number of aromatic amines is 1. The van der Waals surface area contributed by atoms with E-state index in [2.05, 4.69) is 16.4 Å². The van der Waals surface area contributed by atoms with Crippen molar-refractivity contribution < 1.29 is 9.53 Å². The predicted molar refractivity (Wildman–Crippen MR) is 73.7 cm³/mol. The quantitative estimate of drug-likeness (QED) is 0.822. The summed E-state index contributed by atoms with van der Waals surface area (Å²) in [7, 11) is 0. The molecule has 0 amide bonds. The number of anilines is 1. The van der Waals surface area contributed by atoms with Crippen LogP contribution in [0.3, 0.4) is 0 Å².